The smallest absolute Gasteiger partial charge is 0.247 e. The summed E-state index contributed by atoms with van der Waals surface area (Å²) in [6.07, 6.45) is 5.38. The average Bonchev–Trinajstić information content (AvgIpc) is 3.07. The van der Waals surface area contributed by atoms with E-state index in [9.17, 15) is 9.59 Å². The number of nitrogens with one attached hydrogen (secondary N) is 1. The second kappa shape index (κ2) is 5.40. The molecule has 2 amide bonds. The standard InChI is InChI=1S/C12H20N2O2S/c1-3-8(7-17-2)13-10-6-11(15)14(12(10)16)9-4-5-9/h8-10,13H,3-7H2,1-2H3. The minimum Gasteiger partial charge on any atom is -0.302 e. The summed E-state index contributed by atoms with van der Waals surface area (Å²) in [6, 6.07) is 0.258. The number of nitrogens with zero attached hydrogens (tertiary/aromatic N) is 1. The lowest BCUT2D eigenvalue weighted by Gasteiger charge is -2.20. The predicted molar refractivity (Wildman–Crippen MR) is 68.9 cm³/mol. The highest BCUT2D eigenvalue weighted by Gasteiger charge is 2.46. The van der Waals surface area contributed by atoms with Crippen LogP contribution in [0.4, 0.5) is 0 Å². The first kappa shape index (κ1) is 12.9. The molecular weight excluding hydrogens is 236 g/mol. The van der Waals surface area contributed by atoms with Gasteiger partial charge in [0.2, 0.25) is 11.8 Å². The molecule has 0 spiro atoms. The van der Waals surface area contributed by atoms with Crippen LogP contribution < -0.4 is 5.32 Å². The molecule has 1 saturated heterocycles. The second-order valence-corrected chi connectivity index (χ2v) is 5.73. The summed E-state index contributed by atoms with van der Waals surface area (Å²) in [5.41, 5.74) is 0. The predicted octanol–water partition coefficient (Wildman–Crippen LogP) is 1.01. The zero-order valence-electron chi connectivity index (χ0n) is 10.4. The van der Waals surface area contributed by atoms with Crippen molar-refractivity contribution in [2.45, 2.75) is 50.7 Å². The molecule has 4 nitrogen and oxygen atoms in total. The zero-order valence-corrected chi connectivity index (χ0v) is 11.3. The van der Waals surface area contributed by atoms with E-state index in [2.05, 4.69) is 18.5 Å². The Balaban J connectivity index is 1.93. The van der Waals surface area contributed by atoms with Gasteiger partial charge in [-0.15, -0.1) is 0 Å². The highest BCUT2D eigenvalue weighted by molar-refractivity contribution is 7.98. The lowest BCUT2D eigenvalue weighted by atomic mass is 10.2. The van der Waals surface area contributed by atoms with Gasteiger partial charge in [-0.2, -0.15) is 11.8 Å². The third-order valence-electron chi connectivity index (χ3n) is 3.39. The third-order valence-corrected chi connectivity index (χ3v) is 4.13. The number of thioether (sulfide) groups is 1. The Labute approximate surface area is 106 Å². The van der Waals surface area contributed by atoms with Crippen LogP contribution in [0.5, 0.6) is 0 Å². The van der Waals surface area contributed by atoms with Crippen LogP contribution in [0.3, 0.4) is 0 Å². The van der Waals surface area contributed by atoms with Crippen LogP contribution >= 0.6 is 11.8 Å². The van der Waals surface area contributed by atoms with Crippen molar-refractivity contribution in [3.63, 3.8) is 0 Å². The lowest BCUT2D eigenvalue weighted by molar-refractivity contribution is -0.139. The molecule has 0 aromatic carbocycles. The largest absolute Gasteiger partial charge is 0.302 e. The van der Waals surface area contributed by atoms with Crippen LogP contribution in [0.2, 0.25) is 0 Å². The van der Waals surface area contributed by atoms with Crippen LogP contribution in [0.15, 0.2) is 0 Å². The Hall–Kier alpha value is -0.550. The highest BCUT2D eigenvalue weighted by atomic mass is 32.2. The van der Waals surface area contributed by atoms with E-state index < -0.39 is 0 Å². The van der Waals surface area contributed by atoms with Crippen LogP contribution in [0.25, 0.3) is 0 Å². The molecule has 2 atom stereocenters. The van der Waals surface area contributed by atoms with Crippen LogP contribution in [0, 0.1) is 0 Å². The van der Waals surface area contributed by atoms with Gasteiger partial charge in [0.15, 0.2) is 0 Å². The van der Waals surface area contributed by atoms with E-state index in [1.165, 1.54) is 4.90 Å². The fourth-order valence-electron chi connectivity index (χ4n) is 2.27. The maximum Gasteiger partial charge on any atom is 0.247 e. The van der Waals surface area contributed by atoms with E-state index >= 15 is 0 Å². The van der Waals surface area contributed by atoms with Crippen molar-refractivity contribution in [1.82, 2.24) is 10.2 Å². The van der Waals surface area contributed by atoms with Gasteiger partial charge < -0.3 is 5.32 Å². The van der Waals surface area contributed by atoms with E-state index in [4.69, 9.17) is 0 Å². The summed E-state index contributed by atoms with van der Waals surface area (Å²) in [5.74, 6) is 0.990. The number of hydrogen-bond acceptors (Lipinski definition) is 4. The molecule has 1 aliphatic carbocycles. The Morgan fingerprint density at radius 3 is 2.71 bits per heavy atom. The van der Waals surface area contributed by atoms with Gasteiger partial charge >= 0.3 is 0 Å². The Morgan fingerprint density at radius 2 is 2.18 bits per heavy atom. The SMILES string of the molecule is CCC(CSC)NC1CC(=O)N(C2CC2)C1=O. The molecule has 2 fully saturated rings. The zero-order chi connectivity index (χ0) is 12.4. The summed E-state index contributed by atoms with van der Waals surface area (Å²) in [6.45, 7) is 2.10. The molecule has 0 bridgehead atoms. The van der Waals surface area contributed by atoms with E-state index in [1.54, 1.807) is 11.8 Å². The van der Waals surface area contributed by atoms with Crippen molar-refractivity contribution in [3.8, 4) is 0 Å². The van der Waals surface area contributed by atoms with Gasteiger partial charge in [-0.3, -0.25) is 14.5 Å². The molecule has 1 heterocycles. The van der Waals surface area contributed by atoms with Crippen LogP contribution in [-0.4, -0.2) is 46.8 Å². The van der Waals surface area contributed by atoms with Gasteiger partial charge in [0.1, 0.15) is 0 Å². The van der Waals surface area contributed by atoms with E-state index in [-0.39, 0.29) is 23.9 Å². The molecular formula is C12H20N2O2S. The van der Waals surface area contributed by atoms with Crippen molar-refractivity contribution in [3.05, 3.63) is 0 Å². The van der Waals surface area contributed by atoms with Gasteiger partial charge in [-0.25, -0.2) is 0 Å². The van der Waals surface area contributed by atoms with Crippen molar-refractivity contribution >= 4 is 23.6 Å². The molecule has 2 unspecified atom stereocenters. The number of rotatable bonds is 6. The molecule has 2 rings (SSSR count). The summed E-state index contributed by atoms with van der Waals surface area (Å²) in [4.78, 5) is 25.3. The molecule has 1 N–H and O–H groups in total. The number of carbonyl (C=O) groups excluding carboxylic acids is 2. The normalized spacial score (nSPS) is 26.7. The number of amides is 2. The van der Waals surface area contributed by atoms with E-state index in [1.807, 2.05) is 0 Å². The van der Waals surface area contributed by atoms with Gasteiger partial charge in [-0.1, -0.05) is 6.92 Å². The molecule has 0 aromatic rings. The molecule has 1 aliphatic heterocycles. The van der Waals surface area contributed by atoms with Crippen molar-refractivity contribution in [1.29, 1.82) is 0 Å². The molecule has 1 saturated carbocycles. The summed E-state index contributed by atoms with van der Waals surface area (Å²) in [5, 5.41) is 3.33. The molecule has 17 heavy (non-hydrogen) atoms. The first-order valence-corrected chi connectivity index (χ1v) is 7.67. The van der Waals surface area contributed by atoms with Gasteiger partial charge in [0.25, 0.3) is 0 Å². The topological polar surface area (TPSA) is 49.4 Å². The minimum atomic E-state index is -0.278. The Bertz CT molecular complexity index is 318. The number of hydrogen-bond donors (Lipinski definition) is 1. The first-order valence-electron chi connectivity index (χ1n) is 6.28. The van der Waals surface area contributed by atoms with Crippen molar-refractivity contribution < 1.29 is 9.59 Å². The molecule has 96 valence electrons. The first-order chi connectivity index (χ1) is 8.17. The molecule has 2 aliphatic rings. The molecule has 0 aromatic heterocycles. The van der Waals surface area contributed by atoms with Crippen molar-refractivity contribution in [2.24, 2.45) is 0 Å². The quantitative estimate of drug-likeness (QED) is 0.721. The fraction of sp³-hybridized carbons (Fsp3) is 0.833. The highest BCUT2D eigenvalue weighted by Crippen LogP contribution is 2.31. The fourth-order valence-corrected chi connectivity index (χ4v) is 3.00. The Kier molecular flexibility index (Phi) is 4.09. The van der Waals surface area contributed by atoms with Gasteiger partial charge in [0, 0.05) is 17.8 Å². The van der Waals surface area contributed by atoms with E-state index in [0.29, 0.717) is 12.5 Å². The van der Waals surface area contributed by atoms with Crippen LogP contribution in [0.1, 0.15) is 32.6 Å². The maximum atomic E-state index is 12.1. The van der Waals surface area contributed by atoms with Crippen LogP contribution in [-0.2, 0) is 9.59 Å². The number of likely N-dealkylation sites (tertiary alicyclic amines) is 1. The van der Waals surface area contributed by atoms with Crippen molar-refractivity contribution in [2.75, 3.05) is 12.0 Å². The van der Waals surface area contributed by atoms with Gasteiger partial charge in [0.05, 0.1) is 12.5 Å². The minimum absolute atomic E-state index is 0.00273. The number of carbonyl (C=O) groups is 2. The number of imide groups is 1. The maximum absolute atomic E-state index is 12.1. The monoisotopic (exact) mass is 256 g/mol. The van der Waals surface area contributed by atoms with Gasteiger partial charge in [-0.05, 0) is 25.5 Å². The van der Waals surface area contributed by atoms with E-state index in [0.717, 1.165) is 25.0 Å². The average molecular weight is 256 g/mol. The molecule has 0 radical (unpaired) electrons. The third kappa shape index (κ3) is 2.83. The Morgan fingerprint density at radius 1 is 1.47 bits per heavy atom. The lowest BCUT2D eigenvalue weighted by Crippen LogP contribution is -2.45. The summed E-state index contributed by atoms with van der Waals surface area (Å²) in [7, 11) is 0. The summed E-state index contributed by atoms with van der Waals surface area (Å²) >= 11 is 1.77. The molecule has 5 heteroatoms. The second-order valence-electron chi connectivity index (χ2n) is 4.82. The summed E-state index contributed by atoms with van der Waals surface area (Å²) < 4.78 is 0.